The van der Waals surface area contributed by atoms with Crippen LogP contribution in [0.3, 0.4) is 0 Å². The summed E-state index contributed by atoms with van der Waals surface area (Å²) in [6, 6.07) is 8.30. The van der Waals surface area contributed by atoms with Crippen LogP contribution in [0.5, 0.6) is 0 Å². The quantitative estimate of drug-likeness (QED) is 0.751. The van der Waals surface area contributed by atoms with Crippen LogP contribution in [0.25, 0.3) is 0 Å². The van der Waals surface area contributed by atoms with Gasteiger partial charge in [-0.25, -0.2) is 0 Å². The van der Waals surface area contributed by atoms with Gasteiger partial charge in [-0.3, -0.25) is 19.4 Å². The lowest BCUT2D eigenvalue weighted by Gasteiger charge is -2.25. The predicted octanol–water partition coefficient (Wildman–Crippen LogP) is 3.22. The summed E-state index contributed by atoms with van der Waals surface area (Å²) in [5.74, 6) is -0.800. The minimum atomic E-state index is -0.796. The lowest BCUT2D eigenvalue weighted by Crippen LogP contribution is -2.37. The van der Waals surface area contributed by atoms with Crippen molar-refractivity contribution in [2.24, 2.45) is 0 Å². The van der Waals surface area contributed by atoms with Crippen molar-refractivity contribution in [3.8, 4) is 0 Å². The van der Waals surface area contributed by atoms with E-state index >= 15 is 0 Å². The Balaban J connectivity index is 0.00000392. The third-order valence-corrected chi connectivity index (χ3v) is 5.20. The largest absolute Gasteiger partial charge is 0.480 e. The Morgan fingerprint density at radius 1 is 1.18 bits per heavy atom. The van der Waals surface area contributed by atoms with Gasteiger partial charge < -0.3 is 10.4 Å². The summed E-state index contributed by atoms with van der Waals surface area (Å²) in [5.41, 5.74) is 2.16. The van der Waals surface area contributed by atoms with Crippen LogP contribution >= 0.6 is 12.4 Å². The van der Waals surface area contributed by atoms with Gasteiger partial charge in [0, 0.05) is 18.3 Å². The fourth-order valence-corrected chi connectivity index (χ4v) is 3.54. The van der Waals surface area contributed by atoms with Gasteiger partial charge in [0.15, 0.2) is 0 Å². The van der Waals surface area contributed by atoms with Crippen LogP contribution in [0.1, 0.15) is 45.6 Å². The van der Waals surface area contributed by atoms with E-state index in [2.05, 4.69) is 43.1 Å². The number of carboxylic acids is 1. The highest BCUT2D eigenvalue weighted by molar-refractivity contribution is 5.92. The molecule has 0 aromatic heterocycles. The van der Waals surface area contributed by atoms with E-state index in [9.17, 15) is 9.59 Å². The average molecular weight is 412 g/mol. The smallest absolute Gasteiger partial charge is 0.317 e. The van der Waals surface area contributed by atoms with E-state index in [-0.39, 0.29) is 36.3 Å². The average Bonchev–Trinajstić information content (AvgIpc) is 2.79. The number of amides is 1. The van der Waals surface area contributed by atoms with Gasteiger partial charge in [0.25, 0.3) is 0 Å². The van der Waals surface area contributed by atoms with Crippen LogP contribution in [-0.2, 0) is 15.0 Å². The van der Waals surface area contributed by atoms with Gasteiger partial charge in [0.05, 0.1) is 13.1 Å². The molecule has 0 bridgehead atoms. The maximum absolute atomic E-state index is 12.4. The molecule has 0 saturated carbocycles. The zero-order valence-electron chi connectivity index (χ0n) is 17.4. The van der Waals surface area contributed by atoms with Gasteiger partial charge in [-0.2, -0.15) is 0 Å². The molecule has 1 aromatic rings. The monoisotopic (exact) mass is 411 g/mol. The molecule has 1 aromatic carbocycles. The highest BCUT2D eigenvalue weighted by Crippen LogP contribution is 2.23. The Hall–Kier alpha value is -1.63. The molecule has 6 nitrogen and oxygen atoms in total. The van der Waals surface area contributed by atoms with E-state index in [0.717, 1.165) is 38.0 Å². The first-order valence-electron chi connectivity index (χ1n) is 9.70. The van der Waals surface area contributed by atoms with Crippen LogP contribution in [0.15, 0.2) is 24.3 Å². The zero-order valence-corrected chi connectivity index (χ0v) is 18.2. The Bertz CT molecular complexity index is 643. The Kier molecular flexibility index (Phi) is 9.40. The number of hydrogen-bond acceptors (Lipinski definition) is 4. The molecule has 1 amide bonds. The molecule has 2 N–H and O–H groups in total. The summed E-state index contributed by atoms with van der Waals surface area (Å²) >= 11 is 0. The molecule has 0 aliphatic carbocycles. The number of likely N-dealkylation sites (tertiary alicyclic amines) is 1. The summed E-state index contributed by atoms with van der Waals surface area (Å²) in [6.07, 6.45) is 2.83. The molecule has 1 heterocycles. The second kappa shape index (κ2) is 10.8. The number of hydrogen-bond donors (Lipinski definition) is 2. The molecular weight excluding hydrogens is 378 g/mol. The summed E-state index contributed by atoms with van der Waals surface area (Å²) in [5, 5.41) is 11.9. The van der Waals surface area contributed by atoms with Gasteiger partial charge in [0.1, 0.15) is 0 Å². The number of carbonyl (C=O) groups excluding carboxylic acids is 1. The van der Waals surface area contributed by atoms with E-state index in [1.165, 1.54) is 5.56 Å². The van der Waals surface area contributed by atoms with E-state index in [4.69, 9.17) is 5.11 Å². The molecular formula is C21H34ClN3O3. The molecule has 0 radical (unpaired) electrons. The highest BCUT2D eigenvalue weighted by Gasteiger charge is 2.22. The van der Waals surface area contributed by atoms with Gasteiger partial charge in [-0.05, 0) is 56.0 Å². The first-order valence-corrected chi connectivity index (χ1v) is 9.70. The molecule has 2 rings (SSSR count). The van der Waals surface area contributed by atoms with Crippen LogP contribution in [0.4, 0.5) is 5.69 Å². The number of aliphatic carboxylic acids is 1. The molecule has 1 unspecified atom stereocenters. The number of anilines is 1. The number of benzene rings is 1. The third-order valence-electron chi connectivity index (χ3n) is 5.20. The molecule has 1 fully saturated rings. The fraction of sp³-hybridized carbons (Fsp3) is 0.619. The minimum absolute atomic E-state index is 0. The molecule has 0 spiro atoms. The Morgan fingerprint density at radius 2 is 1.82 bits per heavy atom. The minimum Gasteiger partial charge on any atom is -0.480 e. The van der Waals surface area contributed by atoms with Crippen molar-refractivity contribution in [1.82, 2.24) is 9.80 Å². The van der Waals surface area contributed by atoms with E-state index in [0.29, 0.717) is 6.54 Å². The Morgan fingerprint density at radius 3 is 2.39 bits per heavy atom. The van der Waals surface area contributed by atoms with Crippen molar-refractivity contribution in [3.63, 3.8) is 0 Å². The molecule has 1 atom stereocenters. The SMILES string of the molecule is CN(CC(=O)O)C1CCCN(CC(=O)Nc2ccc(C(C)(C)C)cc2)CC1.Cl. The van der Waals surface area contributed by atoms with Crippen LogP contribution in [0, 0.1) is 0 Å². The molecule has 158 valence electrons. The van der Waals surface area contributed by atoms with Crippen molar-refractivity contribution in [2.75, 3.05) is 38.5 Å². The topological polar surface area (TPSA) is 72.9 Å². The van der Waals surface area contributed by atoms with Gasteiger partial charge in [0.2, 0.25) is 5.91 Å². The lowest BCUT2D eigenvalue weighted by molar-refractivity contribution is -0.138. The molecule has 28 heavy (non-hydrogen) atoms. The van der Waals surface area contributed by atoms with Crippen molar-refractivity contribution in [2.45, 2.75) is 51.5 Å². The Labute approximate surface area is 174 Å². The highest BCUT2D eigenvalue weighted by atomic mass is 35.5. The normalized spacial score (nSPS) is 18.2. The number of likely N-dealkylation sites (N-methyl/N-ethyl adjacent to an activating group) is 1. The standard InChI is InChI=1S/C21H33N3O3.ClH/c1-21(2,3)16-7-9-17(10-8-16)22-19(25)14-24-12-5-6-18(11-13-24)23(4)15-20(26)27;/h7-10,18H,5-6,11-15H2,1-4H3,(H,22,25)(H,26,27);1H. The molecule has 1 saturated heterocycles. The fourth-order valence-electron chi connectivity index (χ4n) is 3.54. The second-order valence-corrected chi connectivity index (χ2v) is 8.55. The second-order valence-electron chi connectivity index (χ2n) is 8.55. The maximum Gasteiger partial charge on any atom is 0.317 e. The number of carbonyl (C=O) groups is 2. The summed E-state index contributed by atoms with van der Waals surface area (Å²) in [7, 11) is 1.86. The number of nitrogens with one attached hydrogen (secondary N) is 1. The maximum atomic E-state index is 12.4. The summed E-state index contributed by atoms with van der Waals surface area (Å²) in [6.45, 7) is 8.62. The number of carboxylic acid groups (broad SMARTS) is 1. The molecule has 1 aliphatic heterocycles. The number of rotatable bonds is 6. The van der Waals surface area contributed by atoms with E-state index in [1.807, 2.05) is 24.1 Å². The van der Waals surface area contributed by atoms with Gasteiger partial charge >= 0.3 is 5.97 Å². The van der Waals surface area contributed by atoms with Crippen molar-refractivity contribution in [3.05, 3.63) is 29.8 Å². The van der Waals surface area contributed by atoms with Crippen molar-refractivity contribution >= 4 is 30.0 Å². The lowest BCUT2D eigenvalue weighted by atomic mass is 9.87. The first kappa shape index (κ1) is 24.4. The predicted molar refractivity (Wildman–Crippen MR) is 115 cm³/mol. The van der Waals surface area contributed by atoms with Gasteiger partial charge in [-0.15, -0.1) is 12.4 Å². The van der Waals surface area contributed by atoms with Crippen LogP contribution in [-0.4, -0.2) is 66.1 Å². The van der Waals surface area contributed by atoms with Crippen molar-refractivity contribution < 1.29 is 14.7 Å². The summed E-state index contributed by atoms with van der Waals surface area (Å²) < 4.78 is 0. The first-order chi connectivity index (χ1) is 12.6. The molecule has 7 heteroatoms. The van der Waals surface area contributed by atoms with E-state index < -0.39 is 5.97 Å². The number of nitrogens with zero attached hydrogens (tertiary/aromatic N) is 2. The number of halogens is 1. The van der Waals surface area contributed by atoms with Gasteiger partial charge in [-0.1, -0.05) is 32.9 Å². The van der Waals surface area contributed by atoms with Crippen LogP contribution in [0.2, 0.25) is 0 Å². The summed E-state index contributed by atoms with van der Waals surface area (Å²) in [4.78, 5) is 27.4. The molecule has 1 aliphatic rings. The zero-order chi connectivity index (χ0) is 20.0. The van der Waals surface area contributed by atoms with Crippen LogP contribution < -0.4 is 5.32 Å². The van der Waals surface area contributed by atoms with Crippen molar-refractivity contribution in [1.29, 1.82) is 0 Å². The third kappa shape index (κ3) is 7.78. The van der Waals surface area contributed by atoms with E-state index in [1.54, 1.807) is 0 Å².